The smallest absolute Gasteiger partial charge is 0.333 e. The van der Waals surface area contributed by atoms with Crippen molar-refractivity contribution in [2.24, 2.45) is 0 Å². The fourth-order valence-corrected chi connectivity index (χ4v) is 1.50. The van der Waals surface area contributed by atoms with Crippen LogP contribution in [0.1, 0.15) is 13.8 Å². The highest BCUT2D eigenvalue weighted by molar-refractivity contribution is 5.81. The van der Waals surface area contributed by atoms with Crippen molar-refractivity contribution in [3.05, 3.63) is 50.0 Å². The van der Waals surface area contributed by atoms with Crippen LogP contribution in [0.3, 0.4) is 0 Å². The lowest BCUT2D eigenvalue weighted by atomic mass is 10.3. The summed E-state index contributed by atoms with van der Waals surface area (Å²) < 4.78 is 25.0. The van der Waals surface area contributed by atoms with Gasteiger partial charge in [-0.3, -0.25) is 0 Å². The highest BCUT2D eigenvalue weighted by Gasteiger charge is 2.27. The van der Waals surface area contributed by atoms with Crippen molar-refractivity contribution in [1.29, 1.82) is 0 Å². The molecule has 0 aromatic heterocycles. The molecule has 9 heteroatoms. The zero-order valence-electron chi connectivity index (χ0n) is 15.4. The second-order valence-corrected chi connectivity index (χ2v) is 4.90. The van der Waals surface area contributed by atoms with E-state index >= 15 is 0 Å². The molecule has 0 saturated heterocycles. The Kier molecular flexibility index (Phi) is 13.1. The molecule has 0 aromatic carbocycles. The molecule has 4 unspecified atom stereocenters. The van der Waals surface area contributed by atoms with E-state index < -0.39 is 36.7 Å². The number of rotatable bonds is 14. The number of carbonyl (C=O) groups excluding carboxylic acids is 2. The van der Waals surface area contributed by atoms with E-state index in [9.17, 15) is 19.8 Å². The molecule has 0 saturated carbocycles. The molecular weight excluding hydrogens is 360 g/mol. The van der Waals surface area contributed by atoms with Crippen LogP contribution in [0.2, 0.25) is 0 Å². The molecule has 0 spiro atoms. The number of allylic oxidation sites excluding steroid dienone is 2. The predicted molar refractivity (Wildman–Crippen MR) is 94.8 cm³/mol. The SMILES string of the molecule is C=CC(=O)OC(OC=CC)C(O)COCC(O)C(OC=CC)OC(=O)C=C. The summed E-state index contributed by atoms with van der Waals surface area (Å²) in [6, 6.07) is 0. The number of esters is 2. The van der Waals surface area contributed by atoms with Gasteiger partial charge in [0, 0.05) is 12.2 Å². The first-order chi connectivity index (χ1) is 12.9. The van der Waals surface area contributed by atoms with Gasteiger partial charge in [0.05, 0.1) is 25.7 Å². The number of hydrogen-bond donors (Lipinski definition) is 2. The Balaban J connectivity index is 4.66. The van der Waals surface area contributed by atoms with Gasteiger partial charge in [0.2, 0.25) is 0 Å². The molecule has 9 nitrogen and oxygen atoms in total. The first kappa shape index (κ1) is 24.4. The van der Waals surface area contributed by atoms with Crippen LogP contribution >= 0.6 is 0 Å². The first-order valence-corrected chi connectivity index (χ1v) is 8.02. The van der Waals surface area contributed by atoms with Crippen LogP contribution in [0.5, 0.6) is 0 Å². The zero-order chi connectivity index (χ0) is 20.7. The van der Waals surface area contributed by atoms with Gasteiger partial charge in [-0.2, -0.15) is 0 Å². The molecule has 0 radical (unpaired) electrons. The third-order valence-corrected chi connectivity index (χ3v) is 2.70. The molecule has 152 valence electrons. The topological polar surface area (TPSA) is 121 Å². The van der Waals surface area contributed by atoms with Gasteiger partial charge in [-0.05, 0) is 13.8 Å². The summed E-state index contributed by atoms with van der Waals surface area (Å²) in [5.41, 5.74) is 0. The van der Waals surface area contributed by atoms with Crippen molar-refractivity contribution >= 4 is 11.9 Å². The van der Waals surface area contributed by atoms with E-state index in [0.29, 0.717) is 0 Å². The summed E-state index contributed by atoms with van der Waals surface area (Å²) in [5, 5.41) is 20.1. The lowest BCUT2D eigenvalue weighted by molar-refractivity contribution is -0.201. The third kappa shape index (κ3) is 10.9. The van der Waals surface area contributed by atoms with E-state index in [-0.39, 0.29) is 13.2 Å². The Labute approximate surface area is 158 Å². The molecular formula is C18H26O9. The molecule has 0 amide bonds. The van der Waals surface area contributed by atoms with E-state index in [1.807, 2.05) is 0 Å². The van der Waals surface area contributed by atoms with Gasteiger partial charge in [0.25, 0.3) is 12.6 Å². The standard InChI is InChI=1S/C18H26O9/c1-5-9-24-17(26-15(21)7-3)13(19)11-23-12-14(20)18(25-10-6-2)27-16(22)8-4/h5-10,13-14,17-20H,3-4,11-12H2,1-2H3. The highest BCUT2D eigenvalue weighted by atomic mass is 16.7. The normalized spacial score (nSPS) is 15.6. The van der Waals surface area contributed by atoms with Gasteiger partial charge in [-0.25, -0.2) is 9.59 Å². The first-order valence-electron chi connectivity index (χ1n) is 8.02. The van der Waals surface area contributed by atoms with Crippen molar-refractivity contribution in [3.63, 3.8) is 0 Å². The monoisotopic (exact) mass is 386 g/mol. The van der Waals surface area contributed by atoms with Crippen LogP contribution in [0.4, 0.5) is 0 Å². The minimum atomic E-state index is -1.36. The van der Waals surface area contributed by atoms with Crippen LogP contribution in [-0.4, -0.2) is 60.2 Å². The molecule has 27 heavy (non-hydrogen) atoms. The molecule has 0 heterocycles. The average molecular weight is 386 g/mol. The Morgan fingerprint density at radius 2 is 1.22 bits per heavy atom. The maximum absolute atomic E-state index is 11.3. The molecule has 0 aliphatic rings. The summed E-state index contributed by atoms with van der Waals surface area (Å²) in [6.45, 7) is 9.13. The summed E-state index contributed by atoms with van der Waals surface area (Å²) in [7, 11) is 0. The van der Waals surface area contributed by atoms with Crippen molar-refractivity contribution in [1.82, 2.24) is 0 Å². The number of hydrogen-bond acceptors (Lipinski definition) is 9. The molecule has 4 atom stereocenters. The fourth-order valence-electron chi connectivity index (χ4n) is 1.50. The summed E-state index contributed by atoms with van der Waals surface area (Å²) in [4.78, 5) is 22.6. The minimum absolute atomic E-state index is 0.352. The van der Waals surface area contributed by atoms with Crippen LogP contribution in [-0.2, 0) is 33.3 Å². The average Bonchev–Trinajstić information content (AvgIpc) is 2.67. The lowest BCUT2D eigenvalue weighted by Crippen LogP contribution is -2.39. The molecule has 0 aromatic rings. The maximum Gasteiger partial charge on any atom is 0.333 e. The van der Waals surface area contributed by atoms with E-state index in [4.69, 9.17) is 23.7 Å². The van der Waals surface area contributed by atoms with E-state index in [1.54, 1.807) is 13.8 Å². The predicted octanol–water partition coefficient (Wildman–Crippen LogP) is 0.936. The fraction of sp³-hybridized carbons (Fsp3) is 0.444. The van der Waals surface area contributed by atoms with Gasteiger partial charge >= 0.3 is 11.9 Å². The van der Waals surface area contributed by atoms with E-state index in [1.165, 1.54) is 24.7 Å². The summed E-state index contributed by atoms with van der Waals surface area (Å²) in [6.07, 6.45) is 1.97. The maximum atomic E-state index is 11.3. The second kappa shape index (κ2) is 14.5. The second-order valence-electron chi connectivity index (χ2n) is 4.90. The van der Waals surface area contributed by atoms with E-state index in [0.717, 1.165) is 12.2 Å². The van der Waals surface area contributed by atoms with Crippen LogP contribution in [0.15, 0.2) is 50.0 Å². The summed E-state index contributed by atoms with van der Waals surface area (Å²) >= 11 is 0. The number of aliphatic hydroxyl groups is 2. The lowest BCUT2D eigenvalue weighted by Gasteiger charge is -2.24. The molecule has 0 fully saturated rings. The number of carbonyl (C=O) groups is 2. The van der Waals surface area contributed by atoms with Gasteiger partial charge < -0.3 is 33.9 Å². The van der Waals surface area contributed by atoms with Gasteiger partial charge in [-0.15, -0.1) is 0 Å². The Morgan fingerprint density at radius 1 is 0.852 bits per heavy atom. The highest BCUT2D eigenvalue weighted by Crippen LogP contribution is 2.08. The quantitative estimate of drug-likeness (QED) is 0.194. The van der Waals surface area contributed by atoms with Crippen molar-refractivity contribution in [2.75, 3.05) is 13.2 Å². The third-order valence-electron chi connectivity index (χ3n) is 2.70. The van der Waals surface area contributed by atoms with Crippen LogP contribution in [0.25, 0.3) is 0 Å². The molecule has 0 aliphatic carbocycles. The minimum Gasteiger partial charge on any atom is -0.460 e. The van der Waals surface area contributed by atoms with Crippen LogP contribution < -0.4 is 0 Å². The van der Waals surface area contributed by atoms with Gasteiger partial charge in [-0.1, -0.05) is 25.3 Å². The van der Waals surface area contributed by atoms with Crippen molar-refractivity contribution in [3.8, 4) is 0 Å². The zero-order valence-corrected chi connectivity index (χ0v) is 15.4. The van der Waals surface area contributed by atoms with Crippen LogP contribution in [0, 0.1) is 0 Å². The molecule has 2 N–H and O–H groups in total. The number of aliphatic hydroxyl groups excluding tert-OH is 2. The Bertz CT molecular complexity index is 481. The van der Waals surface area contributed by atoms with Gasteiger partial charge in [0.15, 0.2) is 12.2 Å². The Morgan fingerprint density at radius 3 is 1.52 bits per heavy atom. The van der Waals surface area contributed by atoms with Gasteiger partial charge in [0.1, 0.15) is 0 Å². The Hall–Kier alpha value is -2.62. The molecule has 0 bridgehead atoms. The summed E-state index contributed by atoms with van der Waals surface area (Å²) in [5.74, 6) is -1.58. The number of ether oxygens (including phenoxy) is 5. The van der Waals surface area contributed by atoms with Crippen molar-refractivity contribution < 1.29 is 43.5 Å². The molecule has 0 aliphatic heterocycles. The molecule has 0 rings (SSSR count). The van der Waals surface area contributed by atoms with E-state index in [2.05, 4.69) is 13.2 Å². The van der Waals surface area contributed by atoms with Crippen molar-refractivity contribution in [2.45, 2.75) is 38.6 Å². The largest absolute Gasteiger partial charge is 0.460 e.